The monoisotopic (exact) mass is 230 g/mol. The Morgan fingerprint density at radius 1 is 0.882 bits per heavy atom. The highest BCUT2D eigenvalue weighted by Gasteiger charge is 2.14. The van der Waals surface area contributed by atoms with E-state index in [1.165, 1.54) is 6.07 Å². The van der Waals surface area contributed by atoms with Gasteiger partial charge in [-0.2, -0.15) is 0 Å². The lowest BCUT2D eigenvalue weighted by molar-refractivity contribution is 0.504. The number of hydrogen-bond donors (Lipinski definition) is 0. The molecule has 0 spiro atoms. The molecule has 0 fully saturated rings. The summed E-state index contributed by atoms with van der Waals surface area (Å²) in [5, 5.41) is 1.13. The molecule has 0 unspecified atom stereocenters. The quantitative estimate of drug-likeness (QED) is 0.404. The van der Waals surface area contributed by atoms with Crippen molar-refractivity contribution in [1.29, 1.82) is 0 Å². The first-order valence-electron chi connectivity index (χ1n) is 4.97. The third-order valence-corrected chi connectivity index (χ3v) is 2.73. The van der Waals surface area contributed by atoms with Crippen LogP contribution in [-0.4, -0.2) is 0 Å². The van der Waals surface area contributed by atoms with Crippen LogP contribution in [0.2, 0.25) is 0 Å². The van der Waals surface area contributed by atoms with Crippen molar-refractivity contribution in [2.24, 2.45) is 0 Å². The summed E-state index contributed by atoms with van der Waals surface area (Å²) in [4.78, 5) is 0. The number of fused-ring (bicyclic) bond motifs is 3. The van der Waals surface area contributed by atoms with Crippen LogP contribution in [0, 0.1) is 29.6 Å². The van der Waals surface area contributed by atoms with Crippen LogP contribution in [0.4, 0.5) is 13.2 Å². The SMILES string of the molecule is Fc1[c]c(F)c2ccc3c[c]ccc3c2c1F. The summed E-state index contributed by atoms with van der Waals surface area (Å²) < 4.78 is 40.4. The lowest BCUT2D eigenvalue weighted by Gasteiger charge is -2.06. The van der Waals surface area contributed by atoms with Crippen LogP contribution in [-0.2, 0) is 0 Å². The summed E-state index contributed by atoms with van der Waals surface area (Å²) >= 11 is 0. The number of halogens is 3. The molecule has 3 heteroatoms. The van der Waals surface area contributed by atoms with E-state index in [2.05, 4.69) is 6.07 Å². The molecule has 0 saturated carbocycles. The van der Waals surface area contributed by atoms with Crippen molar-refractivity contribution in [2.45, 2.75) is 0 Å². The maximum absolute atomic E-state index is 13.7. The molecule has 2 radical (unpaired) electrons. The topological polar surface area (TPSA) is 0 Å². The van der Waals surface area contributed by atoms with Crippen molar-refractivity contribution in [3.8, 4) is 0 Å². The minimum atomic E-state index is -1.30. The van der Waals surface area contributed by atoms with Crippen LogP contribution in [0.3, 0.4) is 0 Å². The summed E-state index contributed by atoms with van der Waals surface area (Å²) in [6.45, 7) is 0. The van der Waals surface area contributed by atoms with Gasteiger partial charge in [-0.05, 0) is 22.9 Å². The Labute approximate surface area is 95.3 Å². The van der Waals surface area contributed by atoms with Gasteiger partial charge in [-0.1, -0.05) is 24.3 Å². The van der Waals surface area contributed by atoms with Crippen LogP contribution in [0.15, 0.2) is 30.3 Å². The highest BCUT2D eigenvalue weighted by atomic mass is 19.2. The first-order chi connectivity index (χ1) is 8.18. The molecule has 0 bridgehead atoms. The number of hydrogen-bond acceptors (Lipinski definition) is 0. The van der Waals surface area contributed by atoms with E-state index in [1.807, 2.05) is 0 Å². The number of benzene rings is 3. The van der Waals surface area contributed by atoms with Crippen molar-refractivity contribution in [2.75, 3.05) is 0 Å². The van der Waals surface area contributed by atoms with Crippen LogP contribution < -0.4 is 0 Å². The fourth-order valence-electron chi connectivity index (χ4n) is 1.96. The Kier molecular flexibility index (Phi) is 2.08. The van der Waals surface area contributed by atoms with E-state index in [0.717, 1.165) is 0 Å². The predicted octanol–water partition coefficient (Wildman–Crippen LogP) is 4.01. The van der Waals surface area contributed by atoms with E-state index in [-0.39, 0.29) is 10.8 Å². The maximum Gasteiger partial charge on any atom is 0.170 e. The van der Waals surface area contributed by atoms with Gasteiger partial charge in [0.2, 0.25) is 0 Å². The molecule has 0 aliphatic heterocycles. The van der Waals surface area contributed by atoms with Crippen LogP contribution in [0.25, 0.3) is 21.5 Å². The molecule has 0 aliphatic rings. The van der Waals surface area contributed by atoms with Gasteiger partial charge in [0.1, 0.15) is 5.82 Å². The van der Waals surface area contributed by atoms with E-state index in [0.29, 0.717) is 10.8 Å². The van der Waals surface area contributed by atoms with Crippen molar-refractivity contribution in [3.63, 3.8) is 0 Å². The van der Waals surface area contributed by atoms with Crippen molar-refractivity contribution in [3.05, 3.63) is 59.9 Å². The zero-order chi connectivity index (χ0) is 12.0. The molecule has 0 atom stereocenters. The molecule has 3 aromatic rings. The molecular formula is C14H5F3. The van der Waals surface area contributed by atoms with Gasteiger partial charge in [-0.3, -0.25) is 0 Å². The van der Waals surface area contributed by atoms with Gasteiger partial charge in [0, 0.05) is 10.8 Å². The average Bonchev–Trinajstić information content (AvgIpc) is 2.35. The van der Waals surface area contributed by atoms with Gasteiger partial charge in [0.15, 0.2) is 11.6 Å². The highest BCUT2D eigenvalue weighted by Crippen LogP contribution is 2.30. The van der Waals surface area contributed by atoms with Crippen molar-refractivity contribution >= 4 is 21.5 Å². The average molecular weight is 230 g/mol. The third-order valence-electron chi connectivity index (χ3n) is 2.73. The zero-order valence-electron chi connectivity index (χ0n) is 8.52. The standard InChI is InChI=1S/C14H5F3/c15-11-7-12(16)14(17)13-9-4-2-1-3-8(9)5-6-10(11)13/h2-6H. The van der Waals surface area contributed by atoms with Crippen LogP contribution in [0.1, 0.15) is 0 Å². The van der Waals surface area contributed by atoms with Crippen molar-refractivity contribution in [1.82, 2.24) is 0 Å². The molecule has 0 N–H and O–H groups in total. The highest BCUT2D eigenvalue weighted by molar-refractivity contribution is 6.07. The zero-order valence-corrected chi connectivity index (χ0v) is 8.52. The summed E-state index contributed by atoms with van der Waals surface area (Å²) in [5.74, 6) is -3.25. The van der Waals surface area contributed by atoms with E-state index in [1.54, 1.807) is 30.3 Å². The molecule has 0 aliphatic carbocycles. The van der Waals surface area contributed by atoms with Gasteiger partial charge in [-0.25, -0.2) is 13.2 Å². The fourth-order valence-corrected chi connectivity index (χ4v) is 1.96. The van der Waals surface area contributed by atoms with Gasteiger partial charge < -0.3 is 0 Å². The molecule has 82 valence electrons. The predicted molar refractivity (Wildman–Crippen MR) is 59.0 cm³/mol. The Morgan fingerprint density at radius 2 is 1.71 bits per heavy atom. The second kappa shape index (κ2) is 3.48. The first-order valence-corrected chi connectivity index (χ1v) is 4.97. The first kappa shape index (κ1) is 10.1. The van der Waals surface area contributed by atoms with E-state index >= 15 is 0 Å². The molecule has 0 amide bonds. The lowest BCUT2D eigenvalue weighted by Crippen LogP contribution is -1.92. The van der Waals surface area contributed by atoms with Gasteiger partial charge in [-0.15, -0.1) is 0 Å². The Hall–Kier alpha value is -2.03. The second-order valence-corrected chi connectivity index (χ2v) is 3.70. The van der Waals surface area contributed by atoms with E-state index < -0.39 is 17.5 Å². The molecule has 0 nitrogen and oxygen atoms in total. The molecule has 0 aromatic heterocycles. The summed E-state index contributed by atoms with van der Waals surface area (Å²) in [6.07, 6.45) is 0. The molecule has 0 saturated heterocycles. The second-order valence-electron chi connectivity index (χ2n) is 3.70. The third kappa shape index (κ3) is 1.39. The van der Waals surface area contributed by atoms with Gasteiger partial charge in [0.05, 0.1) is 6.07 Å². The smallest absolute Gasteiger partial charge is 0.170 e. The summed E-state index contributed by atoms with van der Waals surface area (Å²) in [5.41, 5.74) is 0. The fraction of sp³-hybridized carbons (Fsp3) is 0. The number of rotatable bonds is 0. The summed E-state index contributed by atoms with van der Waals surface area (Å²) in [7, 11) is 0. The van der Waals surface area contributed by atoms with E-state index in [4.69, 9.17) is 0 Å². The normalized spacial score (nSPS) is 11.2. The summed E-state index contributed by atoms with van der Waals surface area (Å²) in [6, 6.07) is 12.4. The molecule has 17 heavy (non-hydrogen) atoms. The maximum atomic E-state index is 13.7. The molecule has 3 rings (SSSR count). The van der Waals surface area contributed by atoms with Crippen molar-refractivity contribution < 1.29 is 13.2 Å². The Bertz CT molecular complexity index is 732. The minimum absolute atomic E-state index is 0.0302. The van der Waals surface area contributed by atoms with Gasteiger partial charge >= 0.3 is 0 Å². The van der Waals surface area contributed by atoms with Crippen LogP contribution in [0.5, 0.6) is 0 Å². The molecule has 0 heterocycles. The van der Waals surface area contributed by atoms with Crippen LogP contribution >= 0.6 is 0 Å². The lowest BCUT2D eigenvalue weighted by atomic mass is 10.0. The molecule has 3 aromatic carbocycles. The Balaban J connectivity index is 2.65. The largest absolute Gasteiger partial charge is 0.206 e. The minimum Gasteiger partial charge on any atom is -0.206 e. The Morgan fingerprint density at radius 3 is 2.53 bits per heavy atom. The van der Waals surface area contributed by atoms with Gasteiger partial charge in [0.25, 0.3) is 0 Å². The van der Waals surface area contributed by atoms with E-state index in [9.17, 15) is 13.2 Å². The molecular weight excluding hydrogens is 225 g/mol.